The number of aromatic nitrogens is 1. The quantitative estimate of drug-likeness (QED) is 0.803. The number of amides is 1. The highest BCUT2D eigenvalue weighted by atomic mass is 35.5. The van der Waals surface area contributed by atoms with E-state index in [1.165, 1.54) is 0 Å². The molecule has 0 unspecified atom stereocenters. The van der Waals surface area contributed by atoms with Crippen molar-refractivity contribution in [2.24, 2.45) is 5.73 Å². The van der Waals surface area contributed by atoms with Gasteiger partial charge in [0.2, 0.25) is 5.91 Å². The molecule has 4 heteroatoms. The van der Waals surface area contributed by atoms with Crippen molar-refractivity contribution in [1.82, 2.24) is 4.98 Å². The number of hydrogen-bond acceptors (Lipinski definition) is 2. The Morgan fingerprint density at radius 2 is 1.81 bits per heavy atom. The summed E-state index contributed by atoms with van der Waals surface area (Å²) >= 11 is 5.93. The average Bonchev–Trinajstić information content (AvgIpc) is 2.47. The average molecular weight is 297 g/mol. The monoisotopic (exact) mass is 296 g/mol. The van der Waals surface area contributed by atoms with Gasteiger partial charge in [-0.2, -0.15) is 0 Å². The van der Waals surface area contributed by atoms with Crippen LogP contribution in [0.25, 0.3) is 22.0 Å². The summed E-state index contributed by atoms with van der Waals surface area (Å²) in [5.74, 6) is -0.340. The molecule has 2 N–H and O–H groups in total. The van der Waals surface area contributed by atoms with Crippen LogP contribution in [-0.2, 0) is 11.2 Å². The summed E-state index contributed by atoms with van der Waals surface area (Å²) in [7, 11) is 0. The maximum Gasteiger partial charge on any atom is 0.221 e. The minimum absolute atomic E-state index is 0.224. The first-order valence-electron chi connectivity index (χ1n) is 6.56. The van der Waals surface area contributed by atoms with E-state index in [1.807, 2.05) is 48.5 Å². The van der Waals surface area contributed by atoms with Crippen LogP contribution >= 0.6 is 11.6 Å². The lowest BCUT2D eigenvalue weighted by atomic mass is 9.99. The van der Waals surface area contributed by atoms with Gasteiger partial charge < -0.3 is 5.73 Å². The largest absolute Gasteiger partial charge is 0.369 e. The van der Waals surface area contributed by atoms with Crippen molar-refractivity contribution in [3.8, 4) is 11.3 Å². The molecule has 0 saturated heterocycles. The molecule has 1 aromatic heterocycles. The molecule has 1 amide bonds. The molecule has 0 aliphatic rings. The van der Waals surface area contributed by atoms with E-state index in [0.29, 0.717) is 5.02 Å². The fraction of sp³-hybridized carbons (Fsp3) is 0.0588. The third-order valence-corrected chi connectivity index (χ3v) is 3.63. The lowest BCUT2D eigenvalue weighted by Gasteiger charge is -2.09. The number of halogens is 1. The summed E-state index contributed by atoms with van der Waals surface area (Å²) in [5.41, 5.74) is 8.08. The number of rotatable bonds is 3. The summed E-state index contributed by atoms with van der Waals surface area (Å²) < 4.78 is 0. The standard InChI is InChI=1S/C17H13ClN2O/c18-13-6-4-11(5-7-13)17-15-3-1-2-12(10-16(19)21)14(15)8-9-20-17/h1-9H,10H2,(H2,19,21). The van der Waals surface area contributed by atoms with Crippen LogP contribution in [0.15, 0.2) is 54.7 Å². The molecule has 0 saturated carbocycles. The molecule has 0 atom stereocenters. The van der Waals surface area contributed by atoms with Gasteiger partial charge in [0.1, 0.15) is 0 Å². The Bertz CT molecular complexity index is 813. The predicted octanol–water partition coefficient (Wildman–Crippen LogP) is 3.58. The van der Waals surface area contributed by atoms with E-state index < -0.39 is 0 Å². The zero-order chi connectivity index (χ0) is 14.8. The molecule has 2 aromatic carbocycles. The van der Waals surface area contributed by atoms with Crippen molar-refractivity contribution < 1.29 is 4.79 Å². The van der Waals surface area contributed by atoms with Crippen LogP contribution < -0.4 is 5.73 Å². The van der Waals surface area contributed by atoms with Gasteiger partial charge in [0, 0.05) is 22.2 Å². The molecular formula is C17H13ClN2O. The summed E-state index contributed by atoms with van der Waals surface area (Å²) in [4.78, 5) is 15.7. The lowest BCUT2D eigenvalue weighted by molar-refractivity contribution is -0.117. The lowest BCUT2D eigenvalue weighted by Crippen LogP contribution is -2.13. The highest BCUT2D eigenvalue weighted by Crippen LogP contribution is 2.29. The van der Waals surface area contributed by atoms with Gasteiger partial charge in [-0.3, -0.25) is 9.78 Å². The number of fused-ring (bicyclic) bond motifs is 1. The third-order valence-electron chi connectivity index (χ3n) is 3.38. The molecule has 0 radical (unpaired) electrons. The first kappa shape index (κ1) is 13.6. The highest BCUT2D eigenvalue weighted by Gasteiger charge is 2.09. The summed E-state index contributed by atoms with van der Waals surface area (Å²) in [5, 5.41) is 2.68. The van der Waals surface area contributed by atoms with Crippen molar-refractivity contribution in [3.63, 3.8) is 0 Å². The van der Waals surface area contributed by atoms with Gasteiger partial charge in [-0.1, -0.05) is 41.9 Å². The molecule has 0 fully saturated rings. The van der Waals surface area contributed by atoms with E-state index in [9.17, 15) is 4.79 Å². The molecule has 0 aliphatic carbocycles. The van der Waals surface area contributed by atoms with Crippen LogP contribution in [0.5, 0.6) is 0 Å². The SMILES string of the molecule is NC(=O)Cc1cccc2c(-c3ccc(Cl)cc3)nccc12. The first-order chi connectivity index (χ1) is 10.1. The number of carbonyl (C=O) groups is 1. The van der Waals surface area contributed by atoms with E-state index in [0.717, 1.165) is 27.6 Å². The molecular weight excluding hydrogens is 284 g/mol. The van der Waals surface area contributed by atoms with E-state index in [2.05, 4.69) is 4.98 Å². The van der Waals surface area contributed by atoms with Gasteiger partial charge in [0.25, 0.3) is 0 Å². The summed E-state index contributed by atoms with van der Waals surface area (Å²) in [6.45, 7) is 0. The maximum absolute atomic E-state index is 11.2. The van der Waals surface area contributed by atoms with Crippen LogP contribution in [-0.4, -0.2) is 10.9 Å². The fourth-order valence-corrected chi connectivity index (χ4v) is 2.58. The molecule has 3 nitrogen and oxygen atoms in total. The molecule has 0 spiro atoms. The van der Waals surface area contributed by atoms with Crippen LogP contribution in [0.1, 0.15) is 5.56 Å². The van der Waals surface area contributed by atoms with Crippen molar-refractivity contribution >= 4 is 28.3 Å². The van der Waals surface area contributed by atoms with E-state index in [-0.39, 0.29) is 12.3 Å². The van der Waals surface area contributed by atoms with Gasteiger partial charge in [-0.15, -0.1) is 0 Å². The number of nitrogens with two attached hydrogens (primary N) is 1. The first-order valence-corrected chi connectivity index (χ1v) is 6.94. The Morgan fingerprint density at radius 3 is 2.52 bits per heavy atom. The minimum atomic E-state index is -0.340. The van der Waals surface area contributed by atoms with Crippen molar-refractivity contribution in [3.05, 3.63) is 65.3 Å². The van der Waals surface area contributed by atoms with Crippen LogP contribution in [0.4, 0.5) is 0 Å². The second-order valence-corrected chi connectivity index (χ2v) is 5.26. The molecule has 1 heterocycles. The van der Waals surface area contributed by atoms with Gasteiger partial charge in [-0.05, 0) is 29.1 Å². The fourth-order valence-electron chi connectivity index (χ4n) is 2.45. The molecule has 0 bridgehead atoms. The van der Waals surface area contributed by atoms with Gasteiger partial charge in [0.15, 0.2) is 0 Å². The highest BCUT2D eigenvalue weighted by molar-refractivity contribution is 6.30. The Hall–Kier alpha value is -2.39. The van der Waals surface area contributed by atoms with Gasteiger partial charge in [0.05, 0.1) is 12.1 Å². The van der Waals surface area contributed by atoms with Crippen LogP contribution in [0.2, 0.25) is 5.02 Å². The van der Waals surface area contributed by atoms with E-state index >= 15 is 0 Å². The second kappa shape index (κ2) is 5.54. The minimum Gasteiger partial charge on any atom is -0.369 e. The molecule has 0 aliphatic heterocycles. The Morgan fingerprint density at radius 1 is 1.05 bits per heavy atom. The molecule has 3 aromatic rings. The Kier molecular flexibility index (Phi) is 3.59. The third kappa shape index (κ3) is 2.73. The van der Waals surface area contributed by atoms with E-state index in [4.69, 9.17) is 17.3 Å². The Balaban J connectivity index is 2.20. The van der Waals surface area contributed by atoms with Crippen LogP contribution in [0.3, 0.4) is 0 Å². The number of hydrogen-bond donors (Lipinski definition) is 1. The smallest absolute Gasteiger partial charge is 0.221 e. The van der Waals surface area contributed by atoms with Gasteiger partial charge >= 0.3 is 0 Å². The van der Waals surface area contributed by atoms with Crippen LogP contribution in [0, 0.1) is 0 Å². The molecule has 3 rings (SSSR count). The normalized spacial score (nSPS) is 10.7. The zero-order valence-electron chi connectivity index (χ0n) is 11.2. The van der Waals surface area contributed by atoms with Crippen molar-refractivity contribution in [1.29, 1.82) is 0 Å². The summed E-state index contributed by atoms with van der Waals surface area (Å²) in [6.07, 6.45) is 1.97. The molecule has 104 valence electrons. The summed E-state index contributed by atoms with van der Waals surface area (Å²) in [6, 6.07) is 15.3. The van der Waals surface area contributed by atoms with Gasteiger partial charge in [-0.25, -0.2) is 0 Å². The van der Waals surface area contributed by atoms with Crippen molar-refractivity contribution in [2.75, 3.05) is 0 Å². The van der Waals surface area contributed by atoms with E-state index in [1.54, 1.807) is 6.20 Å². The molecule has 21 heavy (non-hydrogen) atoms. The zero-order valence-corrected chi connectivity index (χ0v) is 12.0. The maximum atomic E-state index is 11.2. The number of carbonyl (C=O) groups excluding carboxylic acids is 1. The number of benzene rings is 2. The number of nitrogens with zero attached hydrogens (tertiary/aromatic N) is 1. The number of pyridine rings is 1. The topological polar surface area (TPSA) is 56.0 Å². The van der Waals surface area contributed by atoms with Crippen molar-refractivity contribution in [2.45, 2.75) is 6.42 Å². The predicted molar refractivity (Wildman–Crippen MR) is 85.1 cm³/mol. The number of primary amides is 1. The second-order valence-electron chi connectivity index (χ2n) is 4.82. The Labute approximate surface area is 127 Å².